The lowest BCUT2D eigenvalue weighted by molar-refractivity contribution is -0.174. The lowest BCUT2D eigenvalue weighted by Gasteiger charge is -2.36. The third-order valence-electron chi connectivity index (χ3n) is 2.87. The number of ether oxygens (including phenoxy) is 2. The van der Waals surface area contributed by atoms with Crippen LogP contribution in [-0.2, 0) is 14.3 Å². The van der Waals surface area contributed by atoms with Gasteiger partial charge < -0.3 is 14.6 Å². The highest BCUT2D eigenvalue weighted by Crippen LogP contribution is 2.36. The minimum absolute atomic E-state index is 0.0131. The largest absolute Gasteiger partial charge is 0.460 e. The maximum atomic E-state index is 12.1. The van der Waals surface area contributed by atoms with Crippen LogP contribution in [0.5, 0.6) is 0 Å². The van der Waals surface area contributed by atoms with Crippen LogP contribution in [0.15, 0.2) is 0 Å². The molecule has 4 heteroatoms. The van der Waals surface area contributed by atoms with E-state index in [1.54, 1.807) is 0 Å². The van der Waals surface area contributed by atoms with Gasteiger partial charge in [0, 0.05) is 19.8 Å². The van der Waals surface area contributed by atoms with Crippen molar-refractivity contribution in [2.45, 2.75) is 59.5 Å². The molecule has 4 nitrogen and oxygen atoms in total. The van der Waals surface area contributed by atoms with Gasteiger partial charge in [0.2, 0.25) is 0 Å². The van der Waals surface area contributed by atoms with Gasteiger partial charge in [0.1, 0.15) is 5.60 Å². The lowest BCUT2D eigenvalue weighted by Crippen LogP contribution is -2.42. The Balaban J connectivity index is 0.00000137. The molecule has 1 fully saturated rings. The van der Waals surface area contributed by atoms with E-state index >= 15 is 0 Å². The highest BCUT2D eigenvalue weighted by atomic mass is 16.6. The van der Waals surface area contributed by atoms with Crippen molar-refractivity contribution < 1.29 is 19.4 Å². The van der Waals surface area contributed by atoms with Gasteiger partial charge in [-0.15, -0.1) is 0 Å². The van der Waals surface area contributed by atoms with Crippen LogP contribution in [0.2, 0.25) is 0 Å². The van der Waals surface area contributed by atoms with Crippen LogP contribution >= 0.6 is 0 Å². The molecule has 1 N–H and O–H groups in total. The van der Waals surface area contributed by atoms with E-state index in [1.165, 1.54) is 0 Å². The van der Waals surface area contributed by atoms with Gasteiger partial charge in [-0.3, -0.25) is 4.79 Å². The van der Waals surface area contributed by atoms with Crippen LogP contribution < -0.4 is 0 Å². The second-order valence-electron chi connectivity index (χ2n) is 5.37. The van der Waals surface area contributed by atoms with Crippen molar-refractivity contribution in [3.05, 3.63) is 0 Å². The van der Waals surface area contributed by atoms with Crippen LogP contribution in [0.25, 0.3) is 0 Å². The van der Waals surface area contributed by atoms with Gasteiger partial charge >= 0.3 is 5.97 Å². The fourth-order valence-corrected chi connectivity index (χ4v) is 1.92. The Morgan fingerprint density at radius 3 is 2.17 bits per heavy atom. The van der Waals surface area contributed by atoms with Crippen LogP contribution in [-0.4, -0.2) is 36.5 Å². The molecule has 0 aromatic carbocycles. The Hall–Kier alpha value is -0.610. The molecule has 108 valence electrons. The zero-order chi connectivity index (χ0) is 14.2. The Morgan fingerprint density at radius 1 is 1.28 bits per heavy atom. The van der Waals surface area contributed by atoms with E-state index in [2.05, 4.69) is 0 Å². The fourth-order valence-electron chi connectivity index (χ4n) is 1.92. The molecule has 0 amide bonds. The first kappa shape index (κ1) is 17.4. The second-order valence-corrected chi connectivity index (χ2v) is 5.37. The Morgan fingerprint density at radius 2 is 1.78 bits per heavy atom. The van der Waals surface area contributed by atoms with Crippen molar-refractivity contribution in [3.63, 3.8) is 0 Å². The molecule has 0 atom stereocenters. The van der Waals surface area contributed by atoms with Gasteiger partial charge in [-0.25, -0.2) is 0 Å². The van der Waals surface area contributed by atoms with Crippen LogP contribution in [0.3, 0.4) is 0 Å². The quantitative estimate of drug-likeness (QED) is 0.792. The molecular weight excluding hydrogens is 232 g/mol. The van der Waals surface area contributed by atoms with Crippen molar-refractivity contribution >= 4 is 5.97 Å². The average Bonchev–Trinajstić information content (AvgIpc) is 2.31. The molecule has 1 aliphatic rings. The van der Waals surface area contributed by atoms with Crippen LogP contribution in [0.1, 0.15) is 53.9 Å². The summed E-state index contributed by atoms with van der Waals surface area (Å²) in [6, 6.07) is 0. The highest BCUT2D eigenvalue weighted by Gasteiger charge is 2.42. The number of aliphatic hydroxyl groups is 1. The summed E-state index contributed by atoms with van der Waals surface area (Å²) in [5, 5.41) is 9.08. The Labute approximate surface area is 111 Å². The van der Waals surface area contributed by atoms with E-state index in [9.17, 15) is 4.79 Å². The summed E-state index contributed by atoms with van der Waals surface area (Å²) in [6.07, 6.45) is 1.75. The average molecular weight is 260 g/mol. The summed E-state index contributed by atoms with van der Waals surface area (Å²) in [4.78, 5) is 12.1. The number of aliphatic hydroxyl groups excluding tert-OH is 1. The topological polar surface area (TPSA) is 55.8 Å². The van der Waals surface area contributed by atoms with Crippen molar-refractivity contribution in [1.29, 1.82) is 0 Å². The third kappa shape index (κ3) is 5.36. The standard InChI is InChI=1S/C12H22O4.C2H6/c1-11(2,3)16-10(14)12(4-7-13)5-8-15-9-6-12;1-2/h13H,4-9H2,1-3H3;1-2H3. The summed E-state index contributed by atoms with van der Waals surface area (Å²) >= 11 is 0. The summed E-state index contributed by atoms with van der Waals surface area (Å²) < 4.78 is 10.7. The van der Waals surface area contributed by atoms with Gasteiger partial charge in [-0.1, -0.05) is 13.8 Å². The number of carbonyl (C=O) groups is 1. The number of esters is 1. The van der Waals surface area contributed by atoms with Gasteiger partial charge in [-0.2, -0.15) is 0 Å². The maximum absolute atomic E-state index is 12.1. The number of rotatable bonds is 3. The van der Waals surface area contributed by atoms with E-state index in [1.807, 2.05) is 34.6 Å². The SMILES string of the molecule is CC.CC(C)(C)OC(=O)C1(CCO)CCOCC1. The van der Waals surface area contributed by atoms with E-state index in [0.29, 0.717) is 32.5 Å². The van der Waals surface area contributed by atoms with E-state index in [4.69, 9.17) is 14.6 Å². The molecule has 1 saturated heterocycles. The summed E-state index contributed by atoms with van der Waals surface area (Å²) in [5.74, 6) is -0.197. The molecule has 0 bridgehead atoms. The number of carbonyl (C=O) groups excluding carboxylic acids is 1. The molecule has 0 saturated carbocycles. The third-order valence-corrected chi connectivity index (χ3v) is 2.87. The van der Waals surface area contributed by atoms with Gasteiger partial charge in [0.05, 0.1) is 5.41 Å². The molecule has 0 aromatic rings. The van der Waals surface area contributed by atoms with Gasteiger partial charge in [-0.05, 0) is 40.0 Å². The monoisotopic (exact) mass is 260 g/mol. The molecule has 0 unspecified atom stereocenters. The molecule has 1 rings (SSSR count). The molecule has 1 heterocycles. The van der Waals surface area contributed by atoms with Gasteiger partial charge in [0.15, 0.2) is 0 Å². The smallest absolute Gasteiger partial charge is 0.312 e. The van der Waals surface area contributed by atoms with E-state index in [-0.39, 0.29) is 12.6 Å². The van der Waals surface area contributed by atoms with E-state index < -0.39 is 11.0 Å². The first-order valence-electron chi connectivity index (χ1n) is 6.82. The minimum atomic E-state index is -0.541. The van der Waals surface area contributed by atoms with Crippen LogP contribution in [0, 0.1) is 5.41 Å². The van der Waals surface area contributed by atoms with E-state index in [0.717, 1.165) is 0 Å². The van der Waals surface area contributed by atoms with Crippen molar-refractivity contribution in [1.82, 2.24) is 0 Å². The molecular formula is C14H28O4. The highest BCUT2D eigenvalue weighted by molar-refractivity contribution is 5.77. The van der Waals surface area contributed by atoms with Crippen molar-refractivity contribution in [3.8, 4) is 0 Å². The summed E-state index contributed by atoms with van der Waals surface area (Å²) in [7, 11) is 0. The zero-order valence-corrected chi connectivity index (χ0v) is 12.4. The van der Waals surface area contributed by atoms with Crippen LogP contribution in [0.4, 0.5) is 0 Å². The molecule has 0 aromatic heterocycles. The molecule has 0 radical (unpaired) electrons. The first-order chi connectivity index (χ1) is 8.40. The molecule has 1 aliphatic heterocycles. The number of hydrogen-bond acceptors (Lipinski definition) is 4. The molecule has 0 aliphatic carbocycles. The normalized spacial score (nSPS) is 18.6. The molecule has 18 heavy (non-hydrogen) atoms. The maximum Gasteiger partial charge on any atom is 0.312 e. The fraction of sp³-hybridized carbons (Fsp3) is 0.929. The summed E-state index contributed by atoms with van der Waals surface area (Å²) in [6.45, 7) is 10.7. The summed E-state index contributed by atoms with van der Waals surface area (Å²) in [5.41, 5.74) is -1.02. The Kier molecular flexibility index (Phi) is 7.48. The van der Waals surface area contributed by atoms with Crippen molar-refractivity contribution in [2.24, 2.45) is 5.41 Å². The number of hydrogen-bond donors (Lipinski definition) is 1. The first-order valence-corrected chi connectivity index (χ1v) is 6.82. The Bertz CT molecular complexity index is 231. The predicted octanol–water partition coefficient (Wildman–Crippen LogP) is 2.53. The van der Waals surface area contributed by atoms with Gasteiger partial charge in [0.25, 0.3) is 0 Å². The minimum Gasteiger partial charge on any atom is -0.460 e. The van der Waals surface area contributed by atoms with Crippen molar-refractivity contribution in [2.75, 3.05) is 19.8 Å². The molecule has 0 spiro atoms. The second kappa shape index (κ2) is 7.74. The zero-order valence-electron chi connectivity index (χ0n) is 12.4. The predicted molar refractivity (Wildman–Crippen MR) is 71.4 cm³/mol. The lowest BCUT2D eigenvalue weighted by atomic mass is 9.77.